The number of anilines is 3. The predicted molar refractivity (Wildman–Crippen MR) is 131 cm³/mol. The molecule has 0 aromatic heterocycles. The molecule has 0 saturated heterocycles. The molecule has 0 heterocycles. The number of nitrogens with one attached hydrogen (secondary N) is 1. The second-order valence-corrected chi connectivity index (χ2v) is 6.91. The molecule has 0 unspecified atom stereocenters. The van der Waals surface area contributed by atoms with Crippen LogP contribution in [0.2, 0.25) is 5.02 Å². The number of nitrogens with two attached hydrogens (primary N) is 2. The molecule has 0 saturated carbocycles. The fourth-order valence-corrected chi connectivity index (χ4v) is 2.38. The van der Waals surface area contributed by atoms with E-state index in [0.717, 1.165) is 18.8 Å². The van der Waals surface area contributed by atoms with E-state index in [2.05, 4.69) is 5.32 Å². The van der Waals surface area contributed by atoms with Gasteiger partial charge in [0, 0.05) is 57.2 Å². The van der Waals surface area contributed by atoms with Gasteiger partial charge in [-0.2, -0.15) is 0 Å². The molecular formula is C20H31ClN6O6. The van der Waals surface area contributed by atoms with Crippen molar-refractivity contribution in [2.75, 3.05) is 71.0 Å². The molecular weight excluding hydrogens is 456 g/mol. The van der Waals surface area contributed by atoms with Crippen LogP contribution in [-0.2, 0) is 9.47 Å². The largest absolute Gasteiger partial charge is 0.393 e. The summed E-state index contributed by atoms with van der Waals surface area (Å²) in [5, 5.41) is 24.1. The van der Waals surface area contributed by atoms with Crippen LogP contribution in [0.4, 0.5) is 28.4 Å². The number of nitro benzene ring substituents is 2. The Morgan fingerprint density at radius 1 is 0.970 bits per heavy atom. The molecule has 33 heavy (non-hydrogen) atoms. The molecule has 5 N–H and O–H groups in total. The summed E-state index contributed by atoms with van der Waals surface area (Å²) < 4.78 is 9.66. The van der Waals surface area contributed by atoms with E-state index >= 15 is 0 Å². The van der Waals surface area contributed by atoms with Crippen molar-refractivity contribution in [3.63, 3.8) is 0 Å². The van der Waals surface area contributed by atoms with E-state index in [1.54, 1.807) is 26.4 Å². The van der Waals surface area contributed by atoms with Gasteiger partial charge in [0.2, 0.25) is 0 Å². The van der Waals surface area contributed by atoms with Gasteiger partial charge in [0.1, 0.15) is 11.4 Å². The predicted octanol–water partition coefficient (Wildman–Crippen LogP) is 2.94. The van der Waals surface area contributed by atoms with Crippen molar-refractivity contribution in [1.82, 2.24) is 5.32 Å². The molecule has 0 atom stereocenters. The van der Waals surface area contributed by atoms with Crippen LogP contribution in [0.1, 0.15) is 0 Å². The van der Waals surface area contributed by atoms with Crippen molar-refractivity contribution in [2.24, 2.45) is 0 Å². The lowest BCUT2D eigenvalue weighted by atomic mass is 10.2. The maximum atomic E-state index is 10.6. The van der Waals surface area contributed by atoms with Crippen LogP contribution < -0.4 is 21.7 Å². The third-order valence-electron chi connectivity index (χ3n) is 4.02. The number of rotatable bonds is 9. The molecule has 12 nitrogen and oxygen atoms in total. The SMILES string of the molecule is CNCCOC.COCCN(C)c1ccc([N+](=O)[O-])c(N)c1.Nc1cc(Cl)ccc1[N+](=O)[O-]. The first-order chi connectivity index (χ1) is 15.6. The van der Waals surface area contributed by atoms with E-state index in [1.165, 1.54) is 24.3 Å². The van der Waals surface area contributed by atoms with E-state index < -0.39 is 9.85 Å². The Morgan fingerprint density at radius 2 is 1.48 bits per heavy atom. The highest BCUT2D eigenvalue weighted by molar-refractivity contribution is 6.30. The van der Waals surface area contributed by atoms with Gasteiger partial charge in [0.15, 0.2) is 0 Å². The summed E-state index contributed by atoms with van der Waals surface area (Å²) in [6.07, 6.45) is 0. The highest BCUT2D eigenvalue weighted by Gasteiger charge is 2.12. The van der Waals surface area contributed by atoms with Crippen LogP contribution in [0.15, 0.2) is 36.4 Å². The number of halogens is 1. The maximum Gasteiger partial charge on any atom is 0.292 e. The Bertz CT molecular complexity index is 882. The number of nitrogen functional groups attached to an aromatic ring is 2. The fraction of sp³-hybridized carbons (Fsp3) is 0.400. The highest BCUT2D eigenvalue weighted by atomic mass is 35.5. The fourth-order valence-electron chi connectivity index (χ4n) is 2.20. The second kappa shape index (κ2) is 16.4. The number of nitro groups is 2. The summed E-state index contributed by atoms with van der Waals surface area (Å²) in [7, 11) is 7.09. The van der Waals surface area contributed by atoms with Crippen LogP contribution in [0.3, 0.4) is 0 Å². The Balaban J connectivity index is 0.000000520. The van der Waals surface area contributed by atoms with Gasteiger partial charge in [-0.05, 0) is 31.3 Å². The standard InChI is InChI=1S/C10H15N3O3.C6H5ClN2O2.C4H11NO/c1-12(5-6-16-2)8-3-4-10(13(14)15)9(11)7-8;7-4-1-2-6(9(10)11)5(8)3-4;1-5-3-4-6-2/h3-4,7H,5-6,11H2,1-2H3;1-3H,8H2;5H,3-4H2,1-2H3. The zero-order valence-corrected chi connectivity index (χ0v) is 19.9. The summed E-state index contributed by atoms with van der Waals surface area (Å²) in [4.78, 5) is 21.7. The van der Waals surface area contributed by atoms with Gasteiger partial charge in [-0.3, -0.25) is 20.2 Å². The normalized spacial score (nSPS) is 9.73. The number of hydrogen-bond acceptors (Lipinski definition) is 10. The summed E-state index contributed by atoms with van der Waals surface area (Å²) in [5.74, 6) is 0. The third-order valence-corrected chi connectivity index (χ3v) is 4.26. The average Bonchev–Trinajstić information content (AvgIpc) is 2.76. The summed E-state index contributed by atoms with van der Waals surface area (Å²) >= 11 is 5.52. The van der Waals surface area contributed by atoms with Crippen LogP contribution in [0, 0.1) is 20.2 Å². The topological polar surface area (TPSA) is 172 Å². The molecule has 2 aromatic rings. The first-order valence-electron chi connectivity index (χ1n) is 9.65. The van der Waals surface area contributed by atoms with Crippen molar-refractivity contribution in [3.05, 3.63) is 61.6 Å². The van der Waals surface area contributed by atoms with Crippen molar-refractivity contribution >= 4 is 40.0 Å². The number of methoxy groups -OCH3 is 2. The highest BCUT2D eigenvalue weighted by Crippen LogP contribution is 2.26. The molecule has 2 rings (SSSR count). The zero-order chi connectivity index (χ0) is 25.4. The molecule has 0 aliphatic rings. The number of nitrogens with zero attached hydrogens (tertiary/aromatic N) is 3. The van der Waals surface area contributed by atoms with E-state index in [4.69, 9.17) is 32.5 Å². The lowest BCUT2D eigenvalue weighted by molar-refractivity contribution is -0.384. The van der Waals surface area contributed by atoms with Crippen LogP contribution in [-0.4, -0.2) is 64.5 Å². The molecule has 0 aliphatic carbocycles. The Morgan fingerprint density at radius 3 is 1.88 bits per heavy atom. The Kier molecular flexibility index (Phi) is 14.9. The number of hydrogen-bond donors (Lipinski definition) is 3. The molecule has 0 amide bonds. The van der Waals surface area contributed by atoms with Crippen molar-refractivity contribution in [2.45, 2.75) is 0 Å². The summed E-state index contributed by atoms with van der Waals surface area (Å²) in [6, 6.07) is 8.72. The lowest BCUT2D eigenvalue weighted by Gasteiger charge is -2.18. The van der Waals surface area contributed by atoms with Gasteiger partial charge in [0.05, 0.1) is 23.1 Å². The first kappa shape index (κ1) is 29.8. The molecule has 0 aliphatic heterocycles. The van der Waals surface area contributed by atoms with Crippen LogP contribution in [0.5, 0.6) is 0 Å². The molecule has 13 heteroatoms. The second-order valence-electron chi connectivity index (χ2n) is 6.47. The summed E-state index contributed by atoms with van der Waals surface area (Å²) in [6.45, 7) is 3.04. The third kappa shape index (κ3) is 11.8. The first-order valence-corrected chi connectivity index (χ1v) is 10.0. The van der Waals surface area contributed by atoms with Gasteiger partial charge in [-0.25, -0.2) is 0 Å². The minimum atomic E-state index is -0.550. The van der Waals surface area contributed by atoms with Crippen LogP contribution >= 0.6 is 11.6 Å². The van der Waals surface area contributed by atoms with Crippen LogP contribution in [0.25, 0.3) is 0 Å². The van der Waals surface area contributed by atoms with Gasteiger partial charge in [-0.1, -0.05) is 11.6 Å². The van der Waals surface area contributed by atoms with E-state index in [-0.39, 0.29) is 22.7 Å². The molecule has 0 fully saturated rings. The molecule has 0 radical (unpaired) electrons. The van der Waals surface area contributed by atoms with Gasteiger partial charge in [0.25, 0.3) is 11.4 Å². The maximum absolute atomic E-state index is 10.6. The van der Waals surface area contributed by atoms with Crippen molar-refractivity contribution < 1.29 is 19.3 Å². The smallest absolute Gasteiger partial charge is 0.292 e. The molecule has 0 bridgehead atoms. The minimum Gasteiger partial charge on any atom is -0.393 e. The van der Waals surface area contributed by atoms with E-state index in [0.29, 0.717) is 18.2 Å². The monoisotopic (exact) mass is 486 g/mol. The lowest BCUT2D eigenvalue weighted by Crippen LogP contribution is -2.22. The van der Waals surface area contributed by atoms with Gasteiger partial charge in [-0.15, -0.1) is 0 Å². The molecule has 0 spiro atoms. The van der Waals surface area contributed by atoms with Crippen molar-refractivity contribution in [3.8, 4) is 0 Å². The van der Waals surface area contributed by atoms with E-state index in [1.807, 2.05) is 19.0 Å². The summed E-state index contributed by atoms with van der Waals surface area (Å²) in [5.41, 5.74) is 11.8. The average molecular weight is 487 g/mol. The van der Waals surface area contributed by atoms with Gasteiger partial charge < -0.3 is 31.2 Å². The van der Waals surface area contributed by atoms with Gasteiger partial charge >= 0.3 is 0 Å². The van der Waals surface area contributed by atoms with Crippen molar-refractivity contribution in [1.29, 1.82) is 0 Å². The van der Waals surface area contributed by atoms with E-state index in [9.17, 15) is 20.2 Å². The number of ether oxygens (including phenoxy) is 2. The molecule has 2 aromatic carbocycles. The minimum absolute atomic E-state index is 0.0658. The Hall–Kier alpha value is -3.19. The number of likely N-dealkylation sites (N-methyl/N-ethyl adjacent to an activating group) is 2. The number of benzene rings is 2. The quantitative estimate of drug-likeness (QED) is 0.207. The molecule has 184 valence electrons. The zero-order valence-electron chi connectivity index (χ0n) is 19.1. The Labute approximate surface area is 197 Å².